The molecule has 0 atom stereocenters. The molecule has 0 aliphatic rings. The molecule has 0 aliphatic heterocycles. The minimum Gasteiger partial charge on any atom is -0.316 e. The number of rotatable bonds is 3. The highest BCUT2D eigenvalue weighted by Crippen LogP contribution is 2.28. The van der Waals surface area contributed by atoms with E-state index in [-0.39, 0.29) is 0 Å². The molecule has 0 heterocycles. The highest BCUT2D eigenvalue weighted by Gasteiger charge is 2.11. The van der Waals surface area contributed by atoms with Gasteiger partial charge in [-0.15, -0.1) is 0 Å². The summed E-state index contributed by atoms with van der Waals surface area (Å²) in [5.74, 6) is -1.11. The van der Waals surface area contributed by atoms with Crippen molar-refractivity contribution >= 4 is 11.6 Å². The summed E-state index contributed by atoms with van der Waals surface area (Å²) in [7, 11) is 1.81. The molecular weight excluding hydrogens is 268 g/mol. The number of hydrogen-bond donors (Lipinski definition) is 1. The van der Waals surface area contributed by atoms with Crippen LogP contribution in [0.15, 0.2) is 30.3 Å². The van der Waals surface area contributed by atoms with Gasteiger partial charge < -0.3 is 5.32 Å². The quantitative estimate of drug-likeness (QED) is 0.884. The Bertz CT molecular complexity index is 611. The first-order valence-corrected chi connectivity index (χ1v) is 6.29. The smallest absolute Gasteiger partial charge is 0.133 e. The summed E-state index contributed by atoms with van der Waals surface area (Å²) in [4.78, 5) is 0. The Hall–Kier alpha value is -1.45. The van der Waals surface area contributed by atoms with Gasteiger partial charge in [0.15, 0.2) is 0 Å². The summed E-state index contributed by atoms with van der Waals surface area (Å²) in [5, 5.41) is 3.62. The van der Waals surface area contributed by atoms with Crippen LogP contribution in [0.1, 0.15) is 11.1 Å². The summed E-state index contributed by atoms with van der Waals surface area (Å²) < 4.78 is 27.1. The maximum absolute atomic E-state index is 13.8. The van der Waals surface area contributed by atoms with Crippen molar-refractivity contribution in [2.24, 2.45) is 0 Å². The molecule has 0 spiro atoms. The highest BCUT2D eigenvalue weighted by molar-refractivity contribution is 6.31. The van der Waals surface area contributed by atoms with Crippen LogP contribution in [0.4, 0.5) is 8.78 Å². The Labute approximate surface area is 116 Å². The van der Waals surface area contributed by atoms with Gasteiger partial charge in [-0.05, 0) is 48.9 Å². The van der Waals surface area contributed by atoms with Crippen LogP contribution in [0.2, 0.25) is 5.02 Å². The van der Waals surface area contributed by atoms with Crippen LogP contribution < -0.4 is 5.32 Å². The summed E-state index contributed by atoms with van der Waals surface area (Å²) in [6.45, 7) is 2.21. The van der Waals surface area contributed by atoms with E-state index in [9.17, 15) is 8.78 Å². The summed E-state index contributed by atoms with van der Waals surface area (Å²) in [6, 6.07) is 7.70. The zero-order valence-corrected chi connectivity index (χ0v) is 11.5. The molecule has 0 unspecified atom stereocenters. The fourth-order valence-corrected chi connectivity index (χ4v) is 2.13. The molecule has 0 saturated carbocycles. The van der Waals surface area contributed by atoms with E-state index in [1.807, 2.05) is 13.1 Å². The lowest BCUT2D eigenvalue weighted by Crippen LogP contribution is -2.05. The van der Waals surface area contributed by atoms with Gasteiger partial charge in [-0.1, -0.05) is 17.7 Å². The van der Waals surface area contributed by atoms with Crippen molar-refractivity contribution in [3.63, 3.8) is 0 Å². The number of halogens is 3. The molecule has 1 N–H and O–H groups in total. The number of nitrogens with one attached hydrogen (secondary N) is 1. The third-order valence-electron chi connectivity index (χ3n) is 2.97. The molecule has 2 aromatic rings. The molecule has 2 rings (SSSR count). The molecule has 0 bridgehead atoms. The largest absolute Gasteiger partial charge is 0.316 e. The predicted octanol–water partition coefficient (Wildman–Crippen LogP) is 4.31. The van der Waals surface area contributed by atoms with E-state index in [1.54, 1.807) is 19.1 Å². The van der Waals surface area contributed by atoms with Gasteiger partial charge in [0, 0.05) is 23.2 Å². The zero-order valence-electron chi connectivity index (χ0n) is 10.7. The van der Waals surface area contributed by atoms with Crippen molar-refractivity contribution in [1.82, 2.24) is 5.32 Å². The van der Waals surface area contributed by atoms with Crippen molar-refractivity contribution in [3.8, 4) is 11.1 Å². The van der Waals surface area contributed by atoms with Gasteiger partial charge in [0.1, 0.15) is 11.6 Å². The second-order valence-corrected chi connectivity index (χ2v) is 4.82. The monoisotopic (exact) mass is 281 g/mol. The highest BCUT2D eigenvalue weighted by atomic mass is 35.5. The van der Waals surface area contributed by atoms with Crippen molar-refractivity contribution in [2.75, 3.05) is 7.05 Å². The molecule has 0 aliphatic carbocycles. The molecule has 0 amide bonds. The molecule has 4 heteroatoms. The lowest BCUT2D eigenvalue weighted by atomic mass is 10.0. The lowest BCUT2D eigenvalue weighted by molar-refractivity contribution is 0.579. The Balaban J connectivity index is 2.53. The average Bonchev–Trinajstić information content (AvgIpc) is 2.37. The molecule has 100 valence electrons. The Morgan fingerprint density at radius 1 is 1.11 bits per heavy atom. The zero-order chi connectivity index (χ0) is 14.0. The van der Waals surface area contributed by atoms with Gasteiger partial charge >= 0.3 is 0 Å². The molecule has 0 fully saturated rings. The first-order valence-electron chi connectivity index (χ1n) is 5.92. The fraction of sp³-hybridized carbons (Fsp3) is 0.200. The fourth-order valence-electron chi connectivity index (χ4n) is 1.95. The second-order valence-electron chi connectivity index (χ2n) is 4.42. The SMILES string of the molecule is CNCc1cc(-c2cc(C)c(F)cc2F)ccc1Cl. The van der Waals surface area contributed by atoms with Crippen LogP contribution in [0.3, 0.4) is 0 Å². The van der Waals surface area contributed by atoms with Crippen molar-refractivity contribution in [1.29, 1.82) is 0 Å². The molecule has 0 saturated heterocycles. The maximum Gasteiger partial charge on any atom is 0.133 e. The molecule has 2 aromatic carbocycles. The van der Waals surface area contributed by atoms with Crippen LogP contribution in [0.5, 0.6) is 0 Å². The van der Waals surface area contributed by atoms with Crippen LogP contribution in [0, 0.1) is 18.6 Å². The minimum atomic E-state index is -0.569. The third kappa shape index (κ3) is 2.94. The van der Waals surface area contributed by atoms with E-state index >= 15 is 0 Å². The minimum absolute atomic E-state index is 0.382. The van der Waals surface area contributed by atoms with Crippen molar-refractivity contribution in [2.45, 2.75) is 13.5 Å². The molecule has 19 heavy (non-hydrogen) atoms. The van der Waals surface area contributed by atoms with Crippen LogP contribution in [0.25, 0.3) is 11.1 Å². The molecule has 0 aromatic heterocycles. The van der Waals surface area contributed by atoms with E-state index in [2.05, 4.69) is 5.32 Å². The number of hydrogen-bond acceptors (Lipinski definition) is 1. The van der Waals surface area contributed by atoms with E-state index in [1.165, 1.54) is 6.07 Å². The maximum atomic E-state index is 13.8. The molecular formula is C15H14ClF2N. The first-order chi connectivity index (χ1) is 9.02. The van der Waals surface area contributed by atoms with Gasteiger partial charge in [0.05, 0.1) is 0 Å². The Morgan fingerprint density at radius 3 is 2.53 bits per heavy atom. The van der Waals surface area contributed by atoms with Crippen LogP contribution in [-0.4, -0.2) is 7.05 Å². The normalized spacial score (nSPS) is 10.8. The standard InChI is InChI=1S/C15H14ClF2N/c1-9-5-12(15(18)7-14(9)17)10-3-4-13(16)11(6-10)8-19-2/h3-7,19H,8H2,1-2H3. The third-order valence-corrected chi connectivity index (χ3v) is 3.34. The van der Waals surface area contributed by atoms with Gasteiger partial charge in [-0.25, -0.2) is 8.78 Å². The second kappa shape index (κ2) is 5.68. The van der Waals surface area contributed by atoms with Gasteiger partial charge in [0.2, 0.25) is 0 Å². The number of benzene rings is 2. The van der Waals surface area contributed by atoms with Crippen molar-refractivity contribution < 1.29 is 8.78 Å². The van der Waals surface area contributed by atoms with Crippen LogP contribution in [-0.2, 0) is 6.54 Å². The summed E-state index contributed by atoms with van der Waals surface area (Å²) >= 11 is 6.06. The van der Waals surface area contributed by atoms with E-state index in [0.29, 0.717) is 28.3 Å². The van der Waals surface area contributed by atoms with Gasteiger partial charge in [-0.3, -0.25) is 0 Å². The van der Waals surface area contributed by atoms with Crippen LogP contribution >= 0.6 is 11.6 Å². The summed E-state index contributed by atoms with van der Waals surface area (Å²) in [6.07, 6.45) is 0. The Morgan fingerprint density at radius 2 is 1.84 bits per heavy atom. The van der Waals surface area contributed by atoms with Gasteiger partial charge in [0.25, 0.3) is 0 Å². The van der Waals surface area contributed by atoms with Crippen molar-refractivity contribution in [3.05, 3.63) is 58.1 Å². The number of aryl methyl sites for hydroxylation is 1. The van der Waals surface area contributed by atoms with E-state index < -0.39 is 11.6 Å². The summed E-state index contributed by atoms with van der Waals surface area (Å²) in [5.41, 5.74) is 2.37. The Kier molecular flexibility index (Phi) is 4.17. The molecule has 1 nitrogen and oxygen atoms in total. The molecule has 0 radical (unpaired) electrons. The first kappa shape index (κ1) is 14.0. The average molecular weight is 282 g/mol. The lowest BCUT2D eigenvalue weighted by Gasteiger charge is -2.10. The van der Waals surface area contributed by atoms with E-state index in [4.69, 9.17) is 11.6 Å². The topological polar surface area (TPSA) is 12.0 Å². The predicted molar refractivity (Wildman–Crippen MR) is 74.3 cm³/mol. The van der Waals surface area contributed by atoms with E-state index in [0.717, 1.165) is 11.6 Å². The van der Waals surface area contributed by atoms with Gasteiger partial charge in [-0.2, -0.15) is 0 Å².